The van der Waals surface area contributed by atoms with Gasteiger partial charge in [0, 0.05) is 6.54 Å². The minimum Gasteiger partial charge on any atom is -0.495 e. The van der Waals surface area contributed by atoms with Crippen LogP contribution in [0.2, 0.25) is 0 Å². The number of pyridine rings is 1. The number of methoxy groups -OCH3 is 1. The number of nitrogens with zero attached hydrogens (tertiary/aromatic N) is 1. The van der Waals surface area contributed by atoms with Gasteiger partial charge in [-0.1, -0.05) is 0 Å². The number of nitrogens with one attached hydrogen (secondary N) is 2. The first-order chi connectivity index (χ1) is 8.17. The van der Waals surface area contributed by atoms with Crippen LogP contribution in [0, 0.1) is 0 Å². The fourth-order valence-electron chi connectivity index (χ4n) is 0.896. The molecule has 0 saturated heterocycles. The molecule has 17 heavy (non-hydrogen) atoms. The van der Waals surface area contributed by atoms with Crippen LogP contribution in [-0.4, -0.2) is 29.9 Å². The van der Waals surface area contributed by atoms with Gasteiger partial charge in [0.2, 0.25) is 0 Å². The smallest absolute Gasteiger partial charge is 0.373 e. The van der Waals surface area contributed by atoms with Crippen molar-refractivity contribution in [3.8, 4) is 5.75 Å². The van der Waals surface area contributed by atoms with Crippen LogP contribution in [0.3, 0.4) is 0 Å². The van der Waals surface area contributed by atoms with Crippen LogP contribution in [0.5, 0.6) is 5.75 Å². The zero-order chi connectivity index (χ0) is 13.1. The number of ether oxygens (including phenoxy) is 1. The second kappa shape index (κ2) is 9.26. The molecule has 1 aromatic heterocycles. The molecular formula is C10H13N3O3S. The maximum absolute atomic E-state index is 8.12. The zero-order valence-electron chi connectivity index (χ0n) is 9.52. The molecule has 7 heteroatoms. The highest BCUT2D eigenvalue weighted by Gasteiger charge is 1.97. The van der Waals surface area contributed by atoms with Gasteiger partial charge in [0.05, 0.1) is 13.3 Å². The van der Waals surface area contributed by atoms with Gasteiger partial charge in [0.15, 0.2) is 5.11 Å². The molecule has 0 amide bonds. The molecule has 1 heterocycles. The van der Waals surface area contributed by atoms with E-state index in [1.807, 2.05) is 19.1 Å². The van der Waals surface area contributed by atoms with Crippen molar-refractivity contribution < 1.29 is 14.3 Å². The normalized spacial score (nSPS) is 8.12. The van der Waals surface area contributed by atoms with Crippen molar-refractivity contribution in [3.05, 3.63) is 18.3 Å². The van der Waals surface area contributed by atoms with Crippen LogP contribution in [0.1, 0.15) is 6.92 Å². The predicted octanol–water partition coefficient (Wildman–Crippen LogP) is 0.813. The van der Waals surface area contributed by atoms with Gasteiger partial charge in [0.25, 0.3) is 0 Å². The lowest BCUT2D eigenvalue weighted by Gasteiger charge is -2.07. The Morgan fingerprint density at radius 1 is 1.53 bits per heavy atom. The van der Waals surface area contributed by atoms with E-state index in [1.165, 1.54) is 0 Å². The van der Waals surface area contributed by atoms with E-state index in [2.05, 4.69) is 15.6 Å². The Morgan fingerprint density at radius 2 is 2.18 bits per heavy atom. The summed E-state index contributed by atoms with van der Waals surface area (Å²) in [4.78, 5) is 20.4. The molecule has 1 rings (SSSR count). The van der Waals surface area contributed by atoms with E-state index in [9.17, 15) is 0 Å². The minimum atomic E-state index is 0.250. The first-order valence-electron chi connectivity index (χ1n) is 4.72. The fourth-order valence-corrected chi connectivity index (χ4v) is 1.14. The van der Waals surface area contributed by atoms with E-state index in [-0.39, 0.29) is 6.15 Å². The van der Waals surface area contributed by atoms with Crippen LogP contribution >= 0.6 is 12.2 Å². The number of carbonyl (C=O) groups excluding carboxylic acids is 2. The first kappa shape index (κ1) is 15.0. The number of thiocarbonyl (C=S) groups is 1. The summed E-state index contributed by atoms with van der Waals surface area (Å²) in [6.45, 7) is 2.78. The van der Waals surface area contributed by atoms with Crippen molar-refractivity contribution in [1.82, 2.24) is 10.3 Å². The lowest BCUT2D eigenvalue weighted by Crippen LogP contribution is -2.28. The monoisotopic (exact) mass is 255 g/mol. The molecule has 0 saturated carbocycles. The third-order valence-electron chi connectivity index (χ3n) is 1.55. The van der Waals surface area contributed by atoms with Crippen LogP contribution in [0.4, 0.5) is 5.82 Å². The molecule has 0 radical (unpaired) electrons. The highest BCUT2D eigenvalue weighted by molar-refractivity contribution is 7.80. The molecule has 1 aromatic rings. The third-order valence-corrected chi connectivity index (χ3v) is 1.80. The van der Waals surface area contributed by atoms with Crippen LogP contribution < -0.4 is 15.4 Å². The molecule has 0 aromatic carbocycles. The van der Waals surface area contributed by atoms with Crippen molar-refractivity contribution in [2.24, 2.45) is 0 Å². The van der Waals surface area contributed by atoms with Crippen molar-refractivity contribution in [2.75, 3.05) is 19.0 Å². The lowest BCUT2D eigenvalue weighted by molar-refractivity contribution is -0.191. The van der Waals surface area contributed by atoms with Gasteiger partial charge in [0.1, 0.15) is 11.6 Å². The second-order valence-corrected chi connectivity index (χ2v) is 3.06. The molecule has 2 N–H and O–H groups in total. The summed E-state index contributed by atoms with van der Waals surface area (Å²) in [7, 11) is 1.60. The fraction of sp³-hybridized carbons (Fsp3) is 0.300. The molecule has 0 bridgehead atoms. The number of hydrogen-bond acceptors (Lipinski definition) is 5. The third kappa shape index (κ3) is 6.99. The average molecular weight is 255 g/mol. The summed E-state index contributed by atoms with van der Waals surface area (Å²) >= 11 is 5.00. The molecule has 0 aliphatic heterocycles. The summed E-state index contributed by atoms with van der Waals surface area (Å²) < 4.78 is 4.98. The number of hydrogen-bond donors (Lipinski definition) is 2. The molecule has 92 valence electrons. The Morgan fingerprint density at radius 3 is 2.59 bits per heavy atom. The highest BCUT2D eigenvalue weighted by atomic mass is 32.1. The molecule has 0 atom stereocenters. The molecule has 0 aliphatic rings. The Balaban J connectivity index is 0.000000770. The van der Waals surface area contributed by atoms with Gasteiger partial charge in [-0.05, 0) is 31.3 Å². The van der Waals surface area contributed by atoms with Crippen molar-refractivity contribution in [1.29, 1.82) is 0 Å². The molecule has 6 nitrogen and oxygen atoms in total. The van der Waals surface area contributed by atoms with Gasteiger partial charge in [-0.3, -0.25) is 0 Å². The topological polar surface area (TPSA) is 80.3 Å². The summed E-state index contributed by atoms with van der Waals surface area (Å²) in [5.41, 5.74) is 0. The number of anilines is 1. The lowest BCUT2D eigenvalue weighted by atomic mass is 10.4. The molecule has 0 fully saturated rings. The summed E-state index contributed by atoms with van der Waals surface area (Å²) in [6, 6.07) is 3.63. The van der Waals surface area contributed by atoms with E-state index in [0.717, 1.165) is 12.3 Å². The van der Waals surface area contributed by atoms with E-state index in [1.54, 1.807) is 13.3 Å². The van der Waals surface area contributed by atoms with Gasteiger partial charge in [-0.15, -0.1) is 0 Å². The second-order valence-electron chi connectivity index (χ2n) is 2.65. The average Bonchev–Trinajstić information content (AvgIpc) is 2.31. The van der Waals surface area contributed by atoms with E-state index >= 15 is 0 Å². The summed E-state index contributed by atoms with van der Waals surface area (Å²) in [5, 5.41) is 6.49. The molecular weight excluding hydrogens is 242 g/mol. The largest absolute Gasteiger partial charge is 0.495 e. The van der Waals surface area contributed by atoms with Gasteiger partial charge < -0.3 is 15.4 Å². The Kier molecular flexibility index (Phi) is 8.18. The van der Waals surface area contributed by atoms with Gasteiger partial charge in [-0.25, -0.2) is 4.98 Å². The molecule has 0 aliphatic carbocycles. The number of aromatic nitrogens is 1. The van der Waals surface area contributed by atoms with E-state index < -0.39 is 0 Å². The first-order valence-corrected chi connectivity index (χ1v) is 5.12. The molecule has 0 spiro atoms. The van der Waals surface area contributed by atoms with Crippen molar-refractivity contribution >= 4 is 29.3 Å². The predicted molar refractivity (Wildman–Crippen MR) is 65.7 cm³/mol. The van der Waals surface area contributed by atoms with Gasteiger partial charge in [-0.2, -0.15) is 9.59 Å². The Labute approximate surface area is 104 Å². The number of rotatable bonds is 3. The summed E-state index contributed by atoms with van der Waals surface area (Å²) in [5.74, 6) is 1.43. The standard InChI is InChI=1S/C9H13N3OS.CO2/c1-3-10-9(14)12-8-5-4-7(13-2)6-11-8;2-1-3/h4-6H,3H2,1-2H3,(H2,10,11,12,14);. The molecule has 0 unspecified atom stereocenters. The Bertz CT molecular complexity index is 375. The van der Waals surface area contributed by atoms with Crippen LogP contribution in [0.15, 0.2) is 18.3 Å². The quantitative estimate of drug-likeness (QED) is 0.774. The minimum absolute atomic E-state index is 0.250. The van der Waals surface area contributed by atoms with E-state index in [4.69, 9.17) is 26.5 Å². The van der Waals surface area contributed by atoms with Crippen LogP contribution in [0.25, 0.3) is 0 Å². The van der Waals surface area contributed by atoms with Crippen LogP contribution in [-0.2, 0) is 9.59 Å². The van der Waals surface area contributed by atoms with Gasteiger partial charge >= 0.3 is 6.15 Å². The SMILES string of the molecule is CCNC(=S)Nc1ccc(OC)cn1.O=C=O. The highest BCUT2D eigenvalue weighted by Crippen LogP contribution is 2.10. The Hall–Kier alpha value is -1.98. The maximum Gasteiger partial charge on any atom is 0.373 e. The summed E-state index contributed by atoms with van der Waals surface area (Å²) in [6.07, 6.45) is 1.89. The zero-order valence-corrected chi connectivity index (χ0v) is 10.3. The maximum atomic E-state index is 8.12. The van der Waals surface area contributed by atoms with E-state index in [0.29, 0.717) is 10.9 Å². The van der Waals surface area contributed by atoms with Crippen molar-refractivity contribution in [2.45, 2.75) is 6.92 Å². The van der Waals surface area contributed by atoms with Crippen molar-refractivity contribution in [3.63, 3.8) is 0 Å².